The molecule has 78 valence electrons. The van der Waals surface area contributed by atoms with Gasteiger partial charge in [0.2, 0.25) is 0 Å². The second-order valence-electron chi connectivity index (χ2n) is 4.03. The number of carbonyl (C=O) groups is 1. The van der Waals surface area contributed by atoms with Crippen LogP contribution >= 0.6 is 0 Å². The third-order valence-corrected chi connectivity index (χ3v) is 1.87. The summed E-state index contributed by atoms with van der Waals surface area (Å²) in [4.78, 5) is 10.7. The van der Waals surface area contributed by atoms with Gasteiger partial charge in [0.15, 0.2) is 0 Å². The fourth-order valence-corrected chi connectivity index (χ4v) is 1.22. The molecule has 1 heterocycles. The second-order valence-corrected chi connectivity index (χ2v) is 4.03. The molecule has 4 heteroatoms. The summed E-state index contributed by atoms with van der Waals surface area (Å²) in [6.45, 7) is 6.75. The van der Waals surface area contributed by atoms with Gasteiger partial charge >= 0.3 is 0 Å². The Bertz CT molecular complexity index is 304. The number of carbonyl (C=O) groups excluding carboxylic acids is 1. The number of Topliss-reactive ketones (excluding diaryl/α,β-unsaturated/α-hetero) is 1. The molecule has 0 aliphatic heterocycles. The SMILES string of the molecule is CC(=O)CCc1cn(CC(C)C)nn1. The second kappa shape index (κ2) is 4.88. The predicted molar refractivity (Wildman–Crippen MR) is 53.9 cm³/mol. The molecule has 0 fully saturated rings. The number of ketones is 1. The van der Waals surface area contributed by atoms with Gasteiger partial charge in [0.1, 0.15) is 5.78 Å². The zero-order valence-corrected chi connectivity index (χ0v) is 9.03. The van der Waals surface area contributed by atoms with E-state index in [1.807, 2.05) is 10.9 Å². The molecule has 0 atom stereocenters. The summed E-state index contributed by atoms with van der Waals surface area (Å²) in [5, 5.41) is 7.99. The third kappa shape index (κ3) is 3.68. The maximum Gasteiger partial charge on any atom is 0.130 e. The minimum absolute atomic E-state index is 0.198. The normalized spacial score (nSPS) is 10.9. The van der Waals surface area contributed by atoms with E-state index in [0.29, 0.717) is 18.8 Å². The zero-order valence-electron chi connectivity index (χ0n) is 9.03. The summed E-state index contributed by atoms with van der Waals surface area (Å²) in [7, 11) is 0. The van der Waals surface area contributed by atoms with Gasteiger partial charge in [-0.25, -0.2) is 0 Å². The summed E-state index contributed by atoms with van der Waals surface area (Å²) in [5.41, 5.74) is 0.904. The molecule has 0 amide bonds. The van der Waals surface area contributed by atoms with Crippen LogP contribution < -0.4 is 0 Å². The highest BCUT2D eigenvalue weighted by atomic mass is 16.1. The molecule has 0 N–H and O–H groups in total. The van der Waals surface area contributed by atoms with Gasteiger partial charge in [-0.15, -0.1) is 5.10 Å². The van der Waals surface area contributed by atoms with Crippen molar-refractivity contribution in [3.63, 3.8) is 0 Å². The van der Waals surface area contributed by atoms with E-state index < -0.39 is 0 Å². The monoisotopic (exact) mass is 195 g/mol. The topological polar surface area (TPSA) is 47.8 Å². The average Bonchev–Trinajstić information content (AvgIpc) is 2.47. The van der Waals surface area contributed by atoms with Crippen molar-refractivity contribution in [2.24, 2.45) is 5.92 Å². The van der Waals surface area contributed by atoms with Gasteiger partial charge in [-0.3, -0.25) is 4.68 Å². The third-order valence-electron chi connectivity index (χ3n) is 1.87. The van der Waals surface area contributed by atoms with E-state index in [-0.39, 0.29) is 5.78 Å². The molecule has 1 aromatic heterocycles. The molecule has 0 bridgehead atoms. The van der Waals surface area contributed by atoms with Gasteiger partial charge in [-0.2, -0.15) is 0 Å². The highest BCUT2D eigenvalue weighted by Crippen LogP contribution is 2.01. The van der Waals surface area contributed by atoms with E-state index >= 15 is 0 Å². The Balaban J connectivity index is 2.46. The first-order valence-electron chi connectivity index (χ1n) is 4.96. The van der Waals surface area contributed by atoms with Crippen LogP contribution in [0.2, 0.25) is 0 Å². The van der Waals surface area contributed by atoms with Crippen LogP contribution in [0, 0.1) is 5.92 Å². The average molecular weight is 195 g/mol. The lowest BCUT2D eigenvalue weighted by molar-refractivity contribution is -0.116. The summed E-state index contributed by atoms with van der Waals surface area (Å²) in [6, 6.07) is 0. The molecule has 0 unspecified atom stereocenters. The van der Waals surface area contributed by atoms with Gasteiger partial charge in [0.25, 0.3) is 0 Å². The van der Waals surface area contributed by atoms with Gasteiger partial charge in [-0.1, -0.05) is 19.1 Å². The quantitative estimate of drug-likeness (QED) is 0.714. The van der Waals surface area contributed by atoms with Crippen molar-refractivity contribution in [1.29, 1.82) is 0 Å². The van der Waals surface area contributed by atoms with Gasteiger partial charge in [-0.05, 0) is 19.3 Å². The van der Waals surface area contributed by atoms with Crippen molar-refractivity contribution < 1.29 is 4.79 Å². The summed E-state index contributed by atoms with van der Waals surface area (Å²) < 4.78 is 1.83. The predicted octanol–water partition coefficient (Wildman–Crippen LogP) is 1.46. The number of hydrogen-bond acceptors (Lipinski definition) is 3. The first-order chi connectivity index (χ1) is 6.58. The van der Waals surface area contributed by atoms with Crippen molar-refractivity contribution in [2.75, 3.05) is 0 Å². The summed E-state index contributed by atoms with van der Waals surface area (Å²) in [5.74, 6) is 0.765. The Labute approximate surface area is 84.3 Å². The van der Waals surface area contributed by atoms with Crippen LogP contribution in [0.3, 0.4) is 0 Å². The number of rotatable bonds is 5. The molecule has 0 saturated carbocycles. The van der Waals surface area contributed by atoms with Crippen molar-refractivity contribution in [1.82, 2.24) is 15.0 Å². The van der Waals surface area contributed by atoms with E-state index in [9.17, 15) is 4.79 Å². The Morgan fingerprint density at radius 3 is 2.86 bits per heavy atom. The Kier molecular flexibility index (Phi) is 3.80. The van der Waals surface area contributed by atoms with Gasteiger partial charge < -0.3 is 4.79 Å². The van der Waals surface area contributed by atoms with Gasteiger partial charge in [0, 0.05) is 19.2 Å². The molecule has 14 heavy (non-hydrogen) atoms. The largest absolute Gasteiger partial charge is 0.300 e. The van der Waals surface area contributed by atoms with Crippen LogP contribution in [-0.4, -0.2) is 20.8 Å². The molecular formula is C10H17N3O. The maximum absolute atomic E-state index is 10.7. The van der Waals surface area contributed by atoms with Crippen molar-refractivity contribution in [3.8, 4) is 0 Å². The first-order valence-corrected chi connectivity index (χ1v) is 4.96. The fourth-order valence-electron chi connectivity index (χ4n) is 1.22. The molecule has 0 radical (unpaired) electrons. The Hall–Kier alpha value is -1.19. The number of hydrogen-bond donors (Lipinski definition) is 0. The van der Waals surface area contributed by atoms with Gasteiger partial charge in [0.05, 0.1) is 5.69 Å². The maximum atomic E-state index is 10.7. The van der Waals surface area contributed by atoms with E-state index in [1.165, 1.54) is 0 Å². The minimum atomic E-state index is 0.198. The number of aryl methyl sites for hydroxylation is 1. The molecule has 1 aromatic rings. The molecule has 0 aliphatic carbocycles. The van der Waals surface area contributed by atoms with Crippen LogP contribution in [0.15, 0.2) is 6.20 Å². The molecule has 4 nitrogen and oxygen atoms in total. The smallest absolute Gasteiger partial charge is 0.130 e. The zero-order chi connectivity index (χ0) is 10.6. The molecule has 0 saturated heterocycles. The Morgan fingerprint density at radius 2 is 2.29 bits per heavy atom. The lowest BCUT2D eigenvalue weighted by atomic mass is 10.2. The molecule has 0 aliphatic rings. The van der Waals surface area contributed by atoms with Crippen LogP contribution in [0.1, 0.15) is 32.9 Å². The first kappa shape index (κ1) is 10.9. The van der Waals surface area contributed by atoms with Crippen LogP contribution in [0.4, 0.5) is 0 Å². The van der Waals surface area contributed by atoms with E-state index in [2.05, 4.69) is 24.2 Å². The van der Waals surface area contributed by atoms with Crippen LogP contribution in [0.25, 0.3) is 0 Å². The van der Waals surface area contributed by atoms with Crippen molar-refractivity contribution in [3.05, 3.63) is 11.9 Å². The van der Waals surface area contributed by atoms with Crippen LogP contribution in [-0.2, 0) is 17.8 Å². The highest BCUT2D eigenvalue weighted by molar-refractivity contribution is 5.75. The summed E-state index contributed by atoms with van der Waals surface area (Å²) in [6.07, 6.45) is 3.18. The van der Waals surface area contributed by atoms with Crippen LogP contribution in [0.5, 0.6) is 0 Å². The highest BCUT2D eigenvalue weighted by Gasteiger charge is 2.03. The fraction of sp³-hybridized carbons (Fsp3) is 0.700. The lowest BCUT2D eigenvalue weighted by Gasteiger charge is -2.01. The van der Waals surface area contributed by atoms with Crippen molar-refractivity contribution in [2.45, 2.75) is 40.2 Å². The van der Waals surface area contributed by atoms with Crippen molar-refractivity contribution >= 4 is 5.78 Å². The molecule has 0 spiro atoms. The van der Waals surface area contributed by atoms with E-state index in [1.54, 1.807) is 6.92 Å². The molecule has 1 rings (SSSR count). The standard InChI is InChI=1S/C10H17N3O/c1-8(2)6-13-7-10(11-12-13)5-4-9(3)14/h7-8H,4-6H2,1-3H3. The number of nitrogens with zero attached hydrogens (tertiary/aromatic N) is 3. The molecule has 0 aromatic carbocycles. The Morgan fingerprint density at radius 1 is 1.57 bits per heavy atom. The van der Waals surface area contributed by atoms with E-state index in [4.69, 9.17) is 0 Å². The number of aromatic nitrogens is 3. The lowest BCUT2D eigenvalue weighted by Crippen LogP contribution is -2.04. The molecular weight excluding hydrogens is 178 g/mol. The minimum Gasteiger partial charge on any atom is -0.300 e. The van der Waals surface area contributed by atoms with E-state index in [0.717, 1.165) is 12.2 Å². The summed E-state index contributed by atoms with van der Waals surface area (Å²) >= 11 is 0.